The third-order valence-electron chi connectivity index (χ3n) is 7.28. The maximum atomic E-state index is 6.78. The van der Waals surface area contributed by atoms with Gasteiger partial charge in [0.25, 0.3) is 0 Å². The third-order valence-corrected chi connectivity index (χ3v) is 16.6. The molecule has 0 bridgehead atoms. The van der Waals surface area contributed by atoms with Gasteiger partial charge in [0.05, 0.1) is 6.33 Å². The fraction of sp³-hybridized carbons (Fsp3) is 0.773. The highest BCUT2D eigenvalue weighted by Crippen LogP contribution is 2.39. The summed E-state index contributed by atoms with van der Waals surface area (Å²) >= 11 is 6.24. The molecule has 0 radical (unpaired) electrons. The third kappa shape index (κ3) is 6.11. The van der Waals surface area contributed by atoms with Crippen LogP contribution in [0.15, 0.2) is 6.33 Å². The van der Waals surface area contributed by atoms with Crippen LogP contribution in [0.25, 0.3) is 11.2 Å². The number of aromatic nitrogens is 4. The van der Waals surface area contributed by atoms with Gasteiger partial charge in [0, 0.05) is 25.2 Å². The number of hydrogen-bond acceptors (Lipinski definition) is 6. The van der Waals surface area contributed by atoms with E-state index in [2.05, 4.69) is 89.6 Å². The lowest BCUT2D eigenvalue weighted by molar-refractivity contribution is 0.0816. The highest BCUT2D eigenvalue weighted by molar-refractivity contribution is 6.74. The van der Waals surface area contributed by atoms with Gasteiger partial charge in [-0.3, -0.25) is 0 Å². The second-order valence-corrected chi connectivity index (χ2v) is 21.8. The van der Waals surface area contributed by atoms with Gasteiger partial charge in [-0.2, -0.15) is 9.97 Å². The van der Waals surface area contributed by atoms with Crippen molar-refractivity contribution in [1.29, 1.82) is 0 Å². The predicted octanol–water partition coefficient (Wildman–Crippen LogP) is 6.11. The van der Waals surface area contributed by atoms with Gasteiger partial charge < -0.3 is 19.2 Å². The summed E-state index contributed by atoms with van der Waals surface area (Å²) in [5.74, 6) is 0.259. The number of anilines is 1. The normalized spacial score (nSPS) is 15.9. The number of hydrogen-bond donors (Lipinski definition) is 1. The summed E-state index contributed by atoms with van der Waals surface area (Å²) in [6.07, 6.45) is 1.76. The molecule has 2 atom stereocenters. The lowest BCUT2D eigenvalue weighted by Crippen LogP contribution is -2.48. The molecular weight excluding hydrogens is 458 g/mol. The minimum Gasteiger partial charge on any atom is -0.416 e. The Balaban J connectivity index is 2.36. The van der Waals surface area contributed by atoms with Crippen LogP contribution in [0.4, 0.5) is 5.95 Å². The van der Waals surface area contributed by atoms with Gasteiger partial charge in [0.1, 0.15) is 5.52 Å². The molecule has 0 saturated heterocycles. The highest BCUT2D eigenvalue weighted by atomic mass is 35.5. The quantitative estimate of drug-likeness (QED) is 0.348. The standard InChI is InChI=1S/C22H42ClN5O2Si2/c1-15(30-32(10,11)22(5,6)7)16(13-29-31(8,9)21(2,3)4)12-28-14-25-17-18(23)26-20(24)27-19(17)28/h14-16H,12-13H2,1-11H3,(H2,24,26,27)/t15-,16+/m1/s1. The molecule has 0 saturated carbocycles. The summed E-state index contributed by atoms with van der Waals surface area (Å²) < 4.78 is 15.4. The Morgan fingerprint density at radius 3 is 2.12 bits per heavy atom. The number of nitrogens with zero attached hydrogens (tertiary/aromatic N) is 4. The Kier molecular flexibility index (Phi) is 7.94. The van der Waals surface area contributed by atoms with E-state index < -0.39 is 16.6 Å². The van der Waals surface area contributed by atoms with Crippen LogP contribution in [0.2, 0.25) is 41.4 Å². The van der Waals surface area contributed by atoms with E-state index in [9.17, 15) is 0 Å². The van der Waals surface area contributed by atoms with Crippen molar-refractivity contribution in [2.45, 2.75) is 97.4 Å². The van der Waals surface area contributed by atoms with E-state index in [1.54, 1.807) is 6.33 Å². The van der Waals surface area contributed by atoms with Crippen LogP contribution in [-0.4, -0.2) is 48.9 Å². The molecule has 7 nitrogen and oxygen atoms in total. The molecule has 0 unspecified atom stereocenters. The van der Waals surface area contributed by atoms with Gasteiger partial charge in [-0.25, -0.2) is 4.98 Å². The van der Waals surface area contributed by atoms with Gasteiger partial charge in [-0.05, 0) is 43.2 Å². The van der Waals surface area contributed by atoms with Crippen molar-refractivity contribution in [2.24, 2.45) is 5.92 Å². The highest BCUT2D eigenvalue weighted by Gasteiger charge is 2.41. The largest absolute Gasteiger partial charge is 0.416 e. The lowest BCUT2D eigenvalue weighted by Gasteiger charge is -2.42. The van der Waals surface area contributed by atoms with Crippen molar-refractivity contribution in [2.75, 3.05) is 12.3 Å². The summed E-state index contributed by atoms with van der Waals surface area (Å²) in [4.78, 5) is 12.8. The molecule has 32 heavy (non-hydrogen) atoms. The molecule has 2 aromatic heterocycles. The maximum Gasteiger partial charge on any atom is 0.223 e. The molecule has 2 heterocycles. The monoisotopic (exact) mass is 499 g/mol. The van der Waals surface area contributed by atoms with Gasteiger partial charge >= 0.3 is 0 Å². The summed E-state index contributed by atoms with van der Waals surface area (Å²) in [6.45, 7) is 26.1. The van der Waals surface area contributed by atoms with Crippen molar-refractivity contribution in [3.05, 3.63) is 11.5 Å². The number of fused-ring (bicyclic) bond motifs is 1. The Morgan fingerprint density at radius 2 is 1.59 bits per heavy atom. The number of imidazole rings is 1. The van der Waals surface area contributed by atoms with Crippen molar-refractivity contribution < 1.29 is 8.85 Å². The average molecular weight is 500 g/mol. The van der Waals surface area contributed by atoms with Gasteiger partial charge in [0.2, 0.25) is 5.95 Å². The first kappa shape index (κ1) is 27.2. The van der Waals surface area contributed by atoms with Crippen LogP contribution in [0, 0.1) is 5.92 Å². The minimum absolute atomic E-state index is 0.00719. The molecule has 0 aliphatic rings. The molecule has 0 amide bonds. The molecule has 0 spiro atoms. The van der Waals surface area contributed by atoms with Crippen LogP contribution >= 0.6 is 11.6 Å². The zero-order valence-corrected chi connectivity index (χ0v) is 24.5. The number of nitrogens with two attached hydrogens (primary N) is 1. The molecular formula is C22H42ClN5O2Si2. The van der Waals surface area contributed by atoms with E-state index >= 15 is 0 Å². The lowest BCUT2D eigenvalue weighted by atomic mass is 10.1. The van der Waals surface area contributed by atoms with Crippen LogP contribution in [-0.2, 0) is 15.4 Å². The first-order chi connectivity index (χ1) is 14.4. The van der Waals surface area contributed by atoms with E-state index in [1.165, 1.54) is 0 Å². The minimum atomic E-state index is -1.95. The predicted molar refractivity (Wildman–Crippen MR) is 139 cm³/mol. The van der Waals surface area contributed by atoms with Crippen molar-refractivity contribution >= 4 is 45.3 Å². The summed E-state index contributed by atoms with van der Waals surface area (Å²) in [7, 11) is -3.87. The SMILES string of the molecule is C[C@@H](O[Si](C)(C)C(C)(C)C)[C@H](CO[Si](C)(C)C(C)(C)C)Cn1cnc2c(Cl)nc(N)nc21. The van der Waals surface area contributed by atoms with E-state index in [4.69, 9.17) is 26.2 Å². The molecule has 0 fully saturated rings. The molecule has 0 aromatic carbocycles. The first-order valence-corrected chi connectivity index (χ1v) is 17.5. The van der Waals surface area contributed by atoms with E-state index in [1.807, 2.05) is 4.57 Å². The molecule has 0 aliphatic heterocycles. The second kappa shape index (κ2) is 9.33. The molecule has 2 rings (SSSR count). The smallest absolute Gasteiger partial charge is 0.223 e. The summed E-state index contributed by atoms with van der Waals surface area (Å²) in [5, 5.41) is 0.534. The zero-order chi connectivity index (χ0) is 24.7. The fourth-order valence-electron chi connectivity index (χ4n) is 2.92. The second-order valence-electron chi connectivity index (χ2n) is 11.9. The first-order valence-electron chi connectivity index (χ1n) is 11.3. The van der Waals surface area contributed by atoms with Crippen LogP contribution < -0.4 is 5.73 Å². The van der Waals surface area contributed by atoms with Crippen LogP contribution in [0.3, 0.4) is 0 Å². The molecule has 2 aromatic rings. The molecule has 2 N–H and O–H groups in total. The topological polar surface area (TPSA) is 88.1 Å². The number of rotatable bonds is 8. The van der Waals surface area contributed by atoms with E-state index in [-0.39, 0.29) is 33.2 Å². The Morgan fingerprint density at radius 1 is 1.03 bits per heavy atom. The van der Waals surface area contributed by atoms with Crippen molar-refractivity contribution in [1.82, 2.24) is 19.5 Å². The van der Waals surface area contributed by atoms with Gasteiger partial charge in [-0.1, -0.05) is 53.1 Å². The maximum absolute atomic E-state index is 6.78. The molecule has 10 heteroatoms. The fourth-order valence-corrected chi connectivity index (χ4v) is 5.68. The molecule has 182 valence electrons. The van der Waals surface area contributed by atoms with Gasteiger partial charge in [0.15, 0.2) is 27.4 Å². The summed E-state index contributed by atoms with van der Waals surface area (Å²) in [5.41, 5.74) is 7.05. The van der Waals surface area contributed by atoms with Gasteiger partial charge in [-0.15, -0.1) is 0 Å². The van der Waals surface area contributed by atoms with Crippen LogP contribution in [0.5, 0.6) is 0 Å². The zero-order valence-electron chi connectivity index (χ0n) is 21.7. The Bertz CT molecular complexity index is 935. The Labute approximate surface area is 200 Å². The molecule has 0 aliphatic carbocycles. The average Bonchev–Trinajstić information content (AvgIpc) is 2.99. The van der Waals surface area contributed by atoms with E-state index in [0.29, 0.717) is 24.3 Å². The van der Waals surface area contributed by atoms with Crippen LogP contribution in [0.1, 0.15) is 48.5 Å². The van der Waals surface area contributed by atoms with Crippen molar-refractivity contribution in [3.63, 3.8) is 0 Å². The summed E-state index contributed by atoms with van der Waals surface area (Å²) in [6, 6.07) is 0. The number of halogens is 1. The van der Waals surface area contributed by atoms with Crippen molar-refractivity contribution in [3.8, 4) is 0 Å². The number of nitrogen functional groups attached to an aromatic ring is 1. The van der Waals surface area contributed by atoms with E-state index in [0.717, 1.165) is 0 Å². The Hall–Kier alpha value is -1.01.